The fourth-order valence-electron chi connectivity index (χ4n) is 10.4. The van der Waals surface area contributed by atoms with E-state index in [0.29, 0.717) is 28.4 Å². The molecule has 0 aliphatic rings. The molecule has 0 aliphatic heterocycles. The van der Waals surface area contributed by atoms with E-state index in [2.05, 4.69) is 143 Å². The third-order valence-electron chi connectivity index (χ3n) is 13.2. The van der Waals surface area contributed by atoms with E-state index in [1.54, 1.807) is 0 Å². The molecule has 0 unspecified atom stereocenters. The lowest BCUT2D eigenvalue weighted by Gasteiger charge is -2.15. The normalized spacial score (nSPS) is 11.9. The zero-order valence-electron chi connectivity index (χ0n) is 35.1. The van der Waals surface area contributed by atoms with Crippen LogP contribution in [0.25, 0.3) is 131 Å². The minimum absolute atomic E-state index is 0.421. The fraction of sp³-hybridized carbons (Fsp3) is 0. The van der Waals surface area contributed by atoms with Crippen LogP contribution in [-0.2, 0) is 0 Å². The van der Waals surface area contributed by atoms with Gasteiger partial charge in [0.2, 0.25) is 0 Å². The van der Waals surface area contributed by atoms with Crippen LogP contribution in [0.3, 0.4) is 0 Å². The SMILES string of the molecule is N#Cc1c(-c2ccccc2)nc(-c2ccc(-n3c4ccccc4c4c5sc6ccccc6c5c5c(c6ccccc6n5-c5ccccc5)c43)c3c2oc2ccccc23)nc1-c1ccccc1. The van der Waals surface area contributed by atoms with E-state index >= 15 is 0 Å². The van der Waals surface area contributed by atoms with Crippen molar-refractivity contribution in [3.05, 3.63) is 206 Å². The average molecular weight is 860 g/mol. The van der Waals surface area contributed by atoms with Gasteiger partial charge in [0.05, 0.1) is 50.1 Å². The van der Waals surface area contributed by atoms with Gasteiger partial charge in [-0.25, -0.2) is 9.97 Å². The Hall–Kier alpha value is -8.83. The first-order valence-corrected chi connectivity index (χ1v) is 22.8. The predicted molar refractivity (Wildman–Crippen MR) is 272 cm³/mol. The molecule has 5 aromatic heterocycles. The minimum atomic E-state index is 0.421. The van der Waals surface area contributed by atoms with Gasteiger partial charge in [0, 0.05) is 63.9 Å². The molecule has 6 nitrogen and oxygen atoms in total. The third-order valence-corrected chi connectivity index (χ3v) is 14.3. The van der Waals surface area contributed by atoms with Crippen molar-refractivity contribution in [2.75, 3.05) is 0 Å². The number of furan rings is 1. The van der Waals surface area contributed by atoms with Crippen molar-refractivity contribution in [3.8, 4) is 51.3 Å². The standard InChI is InChI=1S/C59H33N5OS/c60-34-43-53(35-18-4-1-5-19-35)61-59(62-54(43)36-20-6-2-7-21-36)42-32-33-46(49-40-26-12-16-30-47(40)65-57(42)49)64-45-29-15-11-25-39(45)51-56(64)50-38-24-10-14-28-44(38)63(37-22-8-3-9-23-37)55(50)52-41-27-13-17-31-48(41)66-58(51)52/h1-33H. The molecule has 0 amide bonds. The van der Waals surface area contributed by atoms with Crippen molar-refractivity contribution in [1.82, 2.24) is 19.1 Å². The molecule has 0 N–H and O–H groups in total. The summed E-state index contributed by atoms with van der Waals surface area (Å²) < 4.78 is 14.5. The molecule has 0 fully saturated rings. The molecule has 0 aliphatic carbocycles. The molecule has 14 rings (SSSR count). The zero-order valence-corrected chi connectivity index (χ0v) is 35.9. The van der Waals surface area contributed by atoms with Crippen LogP contribution < -0.4 is 0 Å². The Morgan fingerprint density at radius 3 is 1.68 bits per heavy atom. The maximum atomic E-state index is 10.7. The number of fused-ring (bicyclic) bond motifs is 15. The highest BCUT2D eigenvalue weighted by molar-refractivity contribution is 7.27. The second kappa shape index (κ2) is 14.1. The summed E-state index contributed by atoms with van der Waals surface area (Å²) in [6.45, 7) is 0. The van der Waals surface area contributed by atoms with E-state index in [1.165, 1.54) is 47.2 Å². The number of rotatable bonds is 5. The molecule has 0 saturated heterocycles. The molecule has 0 spiro atoms. The lowest BCUT2D eigenvalue weighted by atomic mass is 9.99. The van der Waals surface area contributed by atoms with Crippen molar-refractivity contribution >= 4 is 97.1 Å². The number of hydrogen-bond donors (Lipinski definition) is 0. The number of thiophene rings is 1. The Kier molecular flexibility index (Phi) is 7.82. The number of nitrogens with zero attached hydrogens (tertiary/aromatic N) is 5. The Morgan fingerprint density at radius 2 is 1.00 bits per heavy atom. The topological polar surface area (TPSA) is 72.6 Å². The molecule has 9 aromatic carbocycles. The molecule has 5 heterocycles. The van der Waals surface area contributed by atoms with Crippen molar-refractivity contribution in [1.29, 1.82) is 5.26 Å². The van der Waals surface area contributed by atoms with E-state index in [1.807, 2.05) is 84.1 Å². The summed E-state index contributed by atoms with van der Waals surface area (Å²) in [5.74, 6) is 0.477. The van der Waals surface area contributed by atoms with Gasteiger partial charge in [-0.05, 0) is 48.5 Å². The summed E-state index contributed by atoms with van der Waals surface area (Å²) in [6.07, 6.45) is 0. The Bertz CT molecular complexity index is 4280. The van der Waals surface area contributed by atoms with Gasteiger partial charge < -0.3 is 13.6 Å². The molecule has 0 radical (unpaired) electrons. The van der Waals surface area contributed by atoms with Crippen LogP contribution in [-0.4, -0.2) is 19.1 Å². The van der Waals surface area contributed by atoms with E-state index < -0.39 is 0 Å². The highest BCUT2D eigenvalue weighted by Crippen LogP contribution is 2.52. The fourth-order valence-corrected chi connectivity index (χ4v) is 11.7. The van der Waals surface area contributed by atoms with E-state index in [0.717, 1.165) is 61.0 Å². The number of hydrogen-bond acceptors (Lipinski definition) is 5. The van der Waals surface area contributed by atoms with Crippen LogP contribution in [0.5, 0.6) is 0 Å². The first-order chi connectivity index (χ1) is 32.7. The quantitative estimate of drug-likeness (QED) is 0.173. The Labute approximate surface area is 381 Å². The molecular weight excluding hydrogens is 827 g/mol. The van der Waals surface area contributed by atoms with Gasteiger partial charge in [-0.1, -0.05) is 152 Å². The molecule has 0 saturated carbocycles. The molecule has 14 aromatic rings. The van der Waals surface area contributed by atoms with Crippen LogP contribution in [0.4, 0.5) is 0 Å². The Morgan fingerprint density at radius 1 is 0.470 bits per heavy atom. The first kappa shape index (κ1) is 36.6. The summed E-state index contributed by atoms with van der Waals surface area (Å²) >= 11 is 1.87. The Balaban J connectivity index is 1.17. The highest BCUT2D eigenvalue weighted by atomic mass is 32.1. The molecule has 66 heavy (non-hydrogen) atoms. The lowest BCUT2D eigenvalue weighted by Crippen LogP contribution is -2.02. The van der Waals surface area contributed by atoms with Crippen molar-refractivity contribution in [2.45, 2.75) is 0 Å². The van der Waals surface area contributed by atoms with Crippen LogP contribution in [0, 0.1) is 11.3 Å². The lowest BCUT2D eigenvalue weighted by molar-refractivity contribution is 0.669. The van der Waals surface area contributed by atoms with Gasteiger partial charge >= 0.3 is 0 Å². The molecule has 0 bridgehead atoms. The second-order valence-electron chi connectivity index (χ2n) is 16.7. The largest absolute Gasteiger partial charge is 0.455 e. The number of aromatic nitrogens is 4. The van der Waals surface area contributed by atoms with Crippen LogP contribution in [0.15, 0.2) is 205 Å². The third kappa shape index (κ3) is 5.10. The van der Waals surface area contributed by atoms with Gasteiger partial charge in [-0.3, -0.25) is 0 Å². The van der Waals surface area contributed by atoms with Gasteiger partial charge in [0.25, 0.3) is 0 Å². The highest BCUT2D eigenvalue weighted by Gasteiger charge is 2.29. The summed E-state index contributed by atoms with van der Waals surface area (Å²) in [6, 6.07) is 72.1. The maximum absolute atomic E-state index is 10.7. The second-order valence-corrected chi connectivity index (χ2v) is 17.7. The minimum Gasteiger partial charge on any atom is -0.455 e. The van der Waals surface area contributed by atoms with Crippen LogP contribution in [0.2, 0.25) is 0 Å². The van der Waals surface area contributed by atoms with Crippen LogP contribution in [0.1, 0.15) is 5.56 Å². The van der Waals surface area contributed by atoms with Gasteiger partial charge in [-0.2, -0.15) is 5.26 Å². The van der Waals surface area contributed by atoms with Gasteiger partial charge in [0.15, 0.2) is 5.82 Å². The van der Waals surface area contributed by atoms with Crippen molar-refractivity contribution in [3.63, 3.8) is 0 Å². The van der Waals surface area contributed by atoms with Gasteiger partial charge in [-0.15, -0.1) is 11.3 Å². The summed E-state index contributed by atoms with van der Waals surface area (Å²) in [7, 11) is 0. The number of para-hydroxylation sites is 4. The first-order valence-electron chi connectivity index (χ1n) is 22.0. The van der Waals surface area contributed by atoms with E-state index in [9.17, 15) is 5.26 Å². The van der Waals surface area contributed by atoms with E-state index in [4.69, 9.17) is 14.4 Å². The smallest absolute Gasteiger partial charge is 0.164 e. The summed E-state index contributed by atoms with van der Waals surface area (Å²) in [5.41, 5.74) is 12.1. The van der Waals surface area contributed by atoms with Crippen molar-refractivity contribution in [2.24, 2.45) is 0 Å². The summed E-state index contributed by atoms with van der Waals surface area (Å²) in [5, 5.41) is 20.0. The number of benzene rings is 9. The monoisotopic (exact) mass is 859 g/mol. The van der Waals surface area contributed by atoms with Crippen molar-refractivity contribution < 1.29 is 4.42 Å². The molecule has 306 valence electrons. The van der Waals surface area contributed by atoms with E-state index in [-0.39, 0.29) is 0 Å². The number of nitriles is 1. The molecule has 0 atom stereocenters. The zero-order chi connectivity index (χ0) is 43.5. The molecular formula is C59H33N5OS. The maximum Gasteiger partial charge on any atom is 0.164 e. The average Bonchev–Trinajstić information content (AvgIpc) is 4.15. The summed E-state index contributed by atoms with van der Waals surface area (Å²) in [4.78, 5) is 10.5. The van der Waals surface area contributed by atoms with Gasteiger partial charge in [0.1, 0.15) is 22.8 Å². The predicted octanol–water partition coefficient (Wildman–Crippen LogP) is 15.8. The molecule has 7 heteroatoms. The van der Waals surface area contributed by atoms with Crippen LogP contribution >= 0.6 is 11.3 Å².